The quantitative estimate of drug-likeness (QED) is 0.775. The molecular formula is C16H15N3. The van der Waals surface area contributed by atoms with Crippen LogP contribution in [0.5, 0.6) is 0 Å². The predicted octanol–water partition coefficient (Wildman–Crippen LogP) is 3.02. The summed E-state index contributed by atoms with van der Waals surface area (Å²) >= 11 is 0. The fraction of sp³-hybridized carbons (Fsp3) is 0.125. The number of pyridine rings is 2. The minimum absolute atomic E-state index is 0.827. The monoisotopic (exact) mass is 249 g/mol. The van der Waals surface area contributed by atoms with Crippen LogP contribution in [0.2, 0.25) is 0 Å². The van der Waals surface area contributed by atoms with Crippen molar-refractivity contribution >= 4 is 10.8 Å². The largest absolute Gasteiger partial charge is 0.316 e. The molecule has 0 aliphatic rings. The molecular weight excluding hydrogens is 234 g/mol. The highest BCUT2D eigenvalue weighted by atomic mass is 14.8. The van der Waals surface area contributed by atoms with Crippen LogP contribution in [0.4, 0.5) is 0 Å². The van der Waals surface area contributed by atoms with Gasteiger partial charge in [0, 0.05) is 42.3 Å². The van der Waals surface area contributed by atoms with E-state index in [0.29, 0.717) is 0 Å². The highest BCUT2D eigenvalue weighted by Crippen LogP contribution is 2.27. The van der Waals surface area contributed by atoms with Gasteiger partial charge in [0.05, 0.1) is 0 Å². The highest BCUT2D eigenvalue weighted by molar-refractivity contribution is 5.95. The zero-order chi connectivity index (χ0) is 13.1. The molecule has 3 rings (SSSR count). The van der Waals surface area contributed by atoms with E-state index in [1.165, 1.54) is 16.5 Å². The molecule has 94 valence electrons. The second-order valence-corrected chi connectivity index (χ2v) is 4.51. The molecule has 0 aliphatic carbocycles. The molecule has 0 atom stereocenters. The molecule has 19 heavy (non-hydrogen) atoms. The van der Waals surface area contributed by atoms with Crippen LogP contribution >= 0.6 is 0 Å². The first kappa shape index (κ1) is 11.8. The lowest BCUT2D eigenvalue weighted by atomic mass is 10.00. The van der Waals surface area contributed by atoms with Crippen molar-refractivity contribution in [3.8, 4) is 11.1 Å². The van der Waals surface area contributed by atoms with Crippen LogP contribution in [-0.4, -0.2) is 17.0 Å². The molecule has 0 saturated carbocycles. The van der Waals surface area contributed by atoms with E-state index >= 15 is 0 Å². The van der Waals surface area contributed by atoms with Gasteiger partial charge in [0.1, 0.15) is 0 Å². The Morgan fingerprint density at radius 3 is 2.89 bits per heavy atom. The highest BCUT2D eigenvalue weighted by Gasteiger charge is 2.04. The molecule has 2 heterocycles. The number of nitrogens with zero attached hydrogens (tertiary/aromatic N) is 2. The number of aromatic nitrogens is 2. The van der Waals surface area contributed by atoms with Crippen LogP contribution in [0.25, 0.3) is 21.9 Å². The van der Waals surface area contributed by atoms with Gasteiger partial charge in [-0.25, -0.2) is 0 Å². The lowest BCUT2D eigenvalue weighted by molar-refractivity contribution is 0.814. The molecule has 3 nitrogen and oxygen atoms in total. The van der Waals surface area contributed by atoms with Crippen LogP contribution < -0.4 is 5.32 Å². The minimum Gasteiger partial charge on any atom is -0.316 e. The second kappa shape index (κ2) is 5.16. The molecule has 0 saturated heterocycles. The van der Waals surface area contributed by atoms with Gasteiger partial charge < -0.3 is 5.32 Å². The summed E-state index contributed by atoms with van der Waals surface area (Å²) in [5, 5.41) is 5.51. The standard InChI is InChI=1S/C16H15N3/c1-17-8-12-7-14(11-19-9-12)15-4-2-3-13-10-18-6-5-16(13)15/h2-7,9-11,17H,8H2,1H3. The summed E-state index contributed by atoms with van der Waals surface area (Å²) in [5.41, 5.74) is 3.53. The van der Waals surface area contributed by atoms with Crippen molar-refractivity contribution in [2.75, 3.05) is 7.05 Å². The van der Waals surface area contributed by atoms with E-state index in [2.05, 4.69) is 45.6 Å². The van der Waals surface area contributed by atoms with Crippen LogP contribution in [0, 0.1) is 0 Å². The van der Waals surface area contributed by atoms with Crippen molar-refractivity contribution < 1.29 is 0 Å². The van der Waals surface area contributed by atoms with Gasteiger partial charge in [-0.05, 0) is 35.7 Å². The van der Waals surface area contributed by atoms with E-state index in [1.54, 1.807) is 0 Å². The molecule has 0 fully saturated rings. The van der Waals surface area contributed by atoms with E-state index in [9.17, 15) is 0 Å². The molecule has 0 aliphatic heterocycles. The Morgan fingerprint density at radius 1 is 1.05 bits per heavy atom. The SMILES string of the molecule is CNCc1cncc(-c2cccc3cnccc23)c1. The Bertz CT molecular complexity index is 702. The smallest absolute Gasteiger partial charge is 0.0346 e. The van der Waals surface area contributed by atoms with Gasteiger partial charge in [0.2, 0.25) is 0 Å². The maximum absolute atomic E-state index is 4.33. The third kappa shape index (κ3) is 2.33. The molecule has 0 bridgehead atoms. The van der Waals surface area contributed by atoms with Crippen molar-refractivity contribution in [2.24, 2.45) is 0 Å². The van der Waals surface area contributed by atoms with Gasteiger partial charge in [0.25, 0.3) is 0 Å². The van der Waals surface area contributed by atoms with E-state index < -0.39 is 0 Å². The lowest BCUT2D eigenvalue weighted by Gasteiger charge is -2.08. The van der Waals surface area contributed by atoms with Gasteiger partial charge in [0.15, 0.2) is 0 Å². The Kier molecular flexibility index (Phi) is 3.21. The summed E-state index contributed by atoms with van der Waals surface area (Å²) < 4.78 is 0. The van der Waals surface area contributed by atoms with Gasteiger partial charge in [-0.2, -0.15) is 0 Å². The molecule has 1 N–H and O–H groups in total. The summed E-state index contributed by atoms with van der Waals surface area (Å²) in [6.07, 6.45) is 7.53. The zero-order valence-electron chi connectivity index (χ0n) is 10.8. The molecule has 3 aromatic rings. The second-order valence-electron chi connectivity index (χ2n) is 4.51. The summed E-state index contributed by atoms with van der Waals surface area (Å²) in [7, 11) is 1.94. The van der Waals surface area contributed by atoms with Crippen molar-refractivity contribution in [3.05, 3.63) is 60.7 Å². The average Bonchev–Trinajstić information content (AvgIpc) is 2.47. The Morgan fingerprint density at radius 2 is 2.00 bits per heavy atom. The molecule has 2 aromatic heterocycles. The fourth-order valence-corrected chi connectivity index (χ4v) is 2.31. The Hall–Kier alpha value is -2.26. The third-order valence-corrected chi connectivity index (χ3v) is 3.17. The van der Waals surface area contributed by atoms with Crippen molar-refractivity contribution in [2.45, 2.75) is 6.54 Å². The average molecular weight is 249 g/mol. The number of hydrogen-bond donors (Lipinski definition) is 1. The fourth-order valence-electron chi connectivity index (χ4n) is 2.31. The summed E-state index contributed by atoms with van der Waals surface area (Å²) in [6, 6.07) is 10.5. The maximum Gasteiger partial charge on any atom is 0.0346 e. The van der Waals surface area contributed by atoms with Gasteiger partial charge >= 0.3 is 0 Å². The topological polar surface area (TPSA) is 37.8 Å². The molecule has 1 aromatic carbocycles. The molecule has 3 heteroatoms. The van der Waals surface area contributed by atoms with Crippen LogP contribution in [-0.2, 0) is 6.54 Å². The Labute approximate surface area is 112 Å². The summed E-state index contributed by atoms with van der Waals surface area (Å²) in [6.45, 7) is 0.827. The van der Waals surface area contributed by atoms with Crippen molar-refractivity contribution in [1.82, 2.24) is 15.3 Å². The Balaban J connectivity index is 2.16. The predicted molar refractivity (Wildman–Crippen MR) is 77.7 cm³/mol. The van der Waals surface area contributed by atoms with Crippen molar-refractivity contribution in [1.29, 1.82) is 0 Å². The molecule has 0 unspecified atom stereocenters. The first-order valence-electron chi connectivity index (χ1n) is 6.30. The first-order chi connectivity index (χ1) is 9.38. The number of nitrogens with one attached hydrogen (secondary N) is 1. The summed E-state index contributed by atoms with van der Waals surface area (Å²) in [5.74, 6) is 0. The van der Waals surface area contributed by atoms with Gasteiger partial charge in [-0.1, -0.05) is 18.2 Å². The number of hydrogen-bond acceptors (Lipinski definition) is 3. The molecule has 0 radical (unpaired) electrons. The van der Waals surface area contributed by atoms with E-state index in [-0.39, 0.29) is 0 Å². The third-order valence-electron chi connectivity index (χ3n) is 3.17. The van der Waals surface area contributed by atoms with E-state index in [4.69, 9.17) is 0 Å². The van der Waals surface area contributed by atoms with Crippen LogP contribution in [0.3, 0.4) is 0 Å². The molecule has 0 amide bonds. The zero-order valence-corrected chi connectivity index (χ0v) is 10.8. The lowest BCUT2D eigenvalue weighted by Crippen LogP contribution is -2.05. The van der Waals surface area contributed by atoms with Gasteiger partial charge in [-0.3, -0.25) is 9.97 Å². The van der Waals surface area contributed by atoms with E-state index in [1.807, 2.05) is 31.8 Å². The molecule has 0 spiro atoms. The maximum atomic E-state index is 4.33. The normalized spacial score (nSPS) is 10.8. The number of benzene rings is 1. The van der Waals surface area contributed by atoms with E-state index in [0.717, 1.165) is 17.5 Å². The first-order valence-corrected chi connectivity index (χ1v) is 6.30. The van der Waals surface area contributed by atoms with Crippen molar-refractivity contribution in [3.63, 3.8) is 0 Å². The van der Waals surface area contributed by atoms with Crippen LogP contribution in [0.15, 0.2) is 55.1 Å². The number of fused-ring (bicyclic) bond motifs is 1. The number of rotatable bonds is 3. The van der Waals surface area contributed by atoms with Gasteiger partial charge in [-0.15, -0.1) is 0 Å². The summed E-state index contributed by atoms with van der Waals surface area (Å²) in [4.78, 5) is 8.50. The van der Waals surface area contributed by atoms with Crippen LogP contribution in [0.1, 0.15) is 5.56 Å². The minimum atomic E-state index is 0.827.